The maximum absolute atomic E-state index is 12.0. The van der Waals surface area contributed by atoms with E-state index in [1.807, 2.05) is 6.92 Å². The number of hydrogen-bond donors (Lipinski definition) is 1. The second-order valence-electron chi connectivity index (χ2n) is 4.11. The van der Waals surface area contributed by atoms with Gasteiger partial charge < -0.3 is 19.5 Å². The molecule has 1 aromatic carbocycles. The molecule has 0 heterocycles. The number of ether oxygens (including phenoxy) is 3. The monoisotopic (exact) mass is 295 g/mol. The summed E-state index contributed by atoms with van der Waals surface area (Å²) in [7, 11) is 1.54. The van der Waals surface area contributed by atoms with Crippen LogP contribution in [-0.2, 0) is 9.53 Å². The Bertz CT molecular complexity index is 487. The van der Waals surface area contributed by atoms with Crippen LogP contribution in [0, 0.1) is 0 Å². The topological polar surface area (TPSA) is 73.9 Å². The van der Waals surface area contributed by atoms with E-state index in [1.54, 1.807) is 25.1 Å². The van der Waals surface area contributed by atoms with E-state index in [-0.39, 0.29) is 24.8 Å². The van der Waals surface area contributed by atoms with Crippen molar-refractivity contribution in [3.05, 3.63) is 23.8 Å². The van der Waals surface area contributed by atoms with Crippen LogP contribution in [-0.4, -0.2) is 38.7 Å². The zero-order chi connectivity index (χ0) is 15.7. The molecule has 0 radical (unpaired) electrons. The van der Waals surface area contributed by atoms with Crippen LogP contribution in [0.5, 0.6) is 11.5 Å². The number of carbonyl (C=O) groups is 2. The van der Waals surface area contributed by atoms with Crippen LogP contribution in [0.1, 0.15) is 30.6 Å². The average Bonchev–Trinajstić information content (AvgIpc) is 2.47. The molecule has 116 valence electrons. The van der Waals surface area contributed by atoms with Gasteiger partial charge in [-0.1, -0.05) is 0 Å². The van der Waals surface area contributed by atoms with E-state index < -0.39 is 0 Å². The van der Waals surface area contributed by atoms with Gasteiger partial charge in [-0.3, -0.25) is 9.59 Å². The van der Waals surface area contributed by atoms with Crippen molar-refractivity contribution in [2.75, 3.05) is 26.9 Å². The molecule has 0 aliphatic carbocycles. The minimum atomic E-state index is -0.331. The number of esters is 1. The third-order valence-corrected chi connectivity index (χ3v) is 2.65. The highest BCUT2D eigenvalue weighted by Gasteiger charge is 2.11. The molecule has 0 saturated heterocycles. The molecule has 1 N–H and O–H groups in total. The van der Waals surface area contributed by atoms with Gasteiger partial charge >= 0.3 is 5.97 Å². The van der Waals surface area contributed by atoms with E-state index in [4.69, 9.17) is 14.2 Å². The summed E-state index contributed by atoms with van der Waals surface area (Å²) in [6, 6.07) is 4.92. The van der Waals surface area contributed by atoms with Crippen molar-refractivity contribution in [2.24, 2.45) is 0 Å². The molecule has 0 atom stereocenters. The minimum absolute atomic E-state index is 0.147. The molecule has 1 amide bonds. The Kier molecular flexibility index (Phi) is 7.08. The lowest BCUT2D eigenvalue weighted by atomic mass is 10.2. The highest BCUT2D eigenvalue weighted by molar-refractivity contribution is 5.95. The molecule has 0 saturated carbocycles. The van der Waals surface area contributed by atoms with Crippen molar-refractivity contribution < 1.29 is 23.8 Å². The van der Waals surface area contributed by atoms with Crippen LogP contribution in [0.4, 0.5) is 0 Å². The van der Waals surface area contributed by atoms with Crippen molar-refractivity contribution in [2.45, 2.75) is 20.3 Å². The Morgan fingerprint density at radius 1 is 1.14 bits per heavy atom. The lowest BCUT2D eigenvalue weighted by molar-refractivity contribution is -0.142. The lowest BCUT2D eigenvalue weighted by Crippen LogP contribution is -2.26. The predicted octanol–water partition coefficient (Wildman–Crippen LogP) is 1.78. The highest BCUT2D eigenvalue weighted by Crippen LogP contribution is 2.27. The Hall–Kier alpha value is -2.24. The Morgan fingerprint density at radius 2 is 1.90 bits per heavy atom. The maximum Gasteiger partial charge on any atom is 0.307 e. The van der Waals surface area contributed by atoms with Gasteiger partial charge in [0.05, 0.1) is 26.7 Å². The van der Waals surface area contributed by atoms with E-state index >= 15 is 0 Å². The first-order chi connectivity index (χ1) is 10.1. The Balaban J connectivity index is 2.61. The Labute approximate surface area is 124 Å². The molecule has 6 nitrogen and oxygen atoms in total. The minimum Gasteiger partial charge on any atom is -0.493 e. The molecule has 0 aliphatic heterocycles. The maximum atomic E-state index is 12.0. The molecule has 21 heavy (non-hydrogen) atoms. The molecule has 6 heteroatoms. The third kappa shape index (κ3) is 5.33. The largest absolute Gasteiger partial charge is 0.493 e. The van der Waals surface area contributed by atoms with Gasteiger partial charge in [-0.2, -0.15) is 0 Å². The number of benzene rings is 1. The molecular weight excluding hydrogens is 274 g/mol. The molecular formula is C15H21NO5. The van der Waals surface area contributed by atoms with E-state index in [2.05, 4.69) is 5.32 Å². The van der Waals surface area contributed by atoms with Gasteiger partial charge in [-0.25, -0.2) is 0 Å². The molecule has 0 unspecified atom stereocenters. The van der Waals surface area contributed by atoms with E-state index in [0.29, 0.717) is 30.3 Å². The SMILES string of the molecule is CCOC(=O)CCNC(=O)c1ccc(OC)c(OCC)c1. The number of hydrogen-bond acceptors (Lipinski definition) is 5. The quantitative estimate of drug-likeness (QED) is 0.740. The summed E-state index contributed by atoms with van der Waals surface area (Å²) in [6.07, 6.45) is 0.147. The second kappa shape index (κ2) is 8.84. The van der Waals surface area contributed by atoms with Crippen molar-refractivity contribution in [3.63, 3.8) is 0 Å². The molecule has 0 aromatic heterocycles. The predicted molar refractivity (Wildman–Crippen MR) is 77.7 cm³/mol. The molecule has 1 aromatic rings. The fraction of sp³-hybridized carbons (Fsp3) is 0.467. The third-order valence-electron chi connectivity index (χ3n) is 2.65. The van der Waals surface area contributed by atoms with Crippen LogP contribution < -0.4 is 14.8 Å². The zero-order valence-electron chi connectivity index (χ0n) is 12.6. The summed E-state index contributed by atoms with van der Waals surface area (Å²) >= 11 is 0. The number of carbonyl (C=O) groups excluding carboxylic acids is 2. The van der Waals surface area contributed by atoms with E-state index in [1.165, 1.54) is 7.11 Å². The van der Waals surface area contributed by atoms with Gasteiger partial charge in [-0.05, 0) is 32.0 Å². The van der Waals surface area contributed by atoms with Crippen molar-refractivity contribution in [1.82, 2.24) is 5.32 Å². The van der Waals surface area contributed by atoms with Crippen LogP contribution in [0.2, 0.25) is 0 Å². The Morgan fingerprint density at radius 3 is 2.52 bits per heavy atom. The van der Waals surface area contributed by atoms with Crippen LogP contribution in [0.25, 0.3) is 0 Å². The van der Waals surface area contributed by atoms with Gasteiger partial charge in [-0.15, -0.1) is 0 Å². The van der Waals surface area contributed by atoms with Gasteiger partial charge in [0.2, 0.25) is 0 Å². The molecule has 0 spiro atoms. The molecule has 0 fully saturated rings. The first-order valence-corrected chi connectivity index (χ1v) is 6.87. The standard InChI is InChI=1S/C15H21NO5/c1-4-20-13-10-11(6-7-12(13)19-3)15(18)16-9-8-14(17)21-5-2/h6-7,10H,4-5,8-9H2,1-3H3,(H,16,18). The summed E-state index contributed by atoms with van der Waals surface area (Å²) in [4.78, 5) is 23.2. The first kappa shape index (κ1) is 16.8. The highest BCUT2D eigenvalue weighted by atomic mass is 16.5. The van der Waals surface area contributed by atoms with E-state index in [0.717, 1.165) is 0 Å². The smallest absolute Gasteiger partial charge is 0.307 e. The summed E-state index contributed by atoms with van der Waals surface area (Å²) in [5.74, 6) is 0.475. The molecule has 0 aliphatic rings. The van der Waals surface area contributed by atoms with Gasteiger partial charge in [0, 0.05) is 12.1 Å². The number of amides is 1. The van der Waals surface area contributed by atoms with Crippen LogP contribution in [0.15, 0.2) is 18.2 Å². The normalized spacial score (nSPS) is 9.86. The van der Waals surface area contributed by atoms with Crippen molar-refractivity contribution >= 4 is 11.9 Å². The first-order valence-electron chi connectivity index (χ1n) is 6.87. The lowest BCUT2D eigenvalue weighted by Gasteiger charge is -2.11. The zero-order valence-corrected chi connectivity index (χ0v) is 12.6. The van der Waals surface area contributed by atoms with Gasteiger partial charge in [0.15, 0.2) is 11.5 Å². The van der Waals surface area contributed by atoms with Gasteiger partial charge in [0.1, 0.15) is 0 Å². The summed E-state index contributed by atoms with van der Waals surface area (Å²) in [6.45, 7) is 4.63. The van der Waals surface area contributed by atoms with Crippen LogP contribution >= 0.6 is 0 Å². The second-order valence-corrected chi connectivity index (χ2v) is 4.11. The molecule has 1 rings (SSSR count). The number of rotatable bonds is 8. The summed E-state index contributed by atoms with van der Waals surface area (Å²) in [5.41, 5.74) is 0.447. The van der Waals surface area contributed by atoms with Crippen molar-refractivity contribution in [3.8, 4) is 11.5 Å². The van der Waals surface area contributed by atoms with Crippen LogP contribution in [0.3, 0.4) is 0 Å². The molecule has 0 bridgehead atoms. The fourth-order valence-corrected chi connectivity index (χ4v) is 1.70. The fourth-order valence-electron chi connectivity index (χ4n) is 1.70. The van der Waals surface area contributed by atoms with E-state index in [9.17, 15) is 9.59 Å². The average molecular weight is 295 g/mol. The van der Waals surface area contributed by atoms with Crippen molar-refractivity contribution in [1.29, 1.82) is 0 Å². The number of nitrogens with one attached hydrogen (secondary N) is 1. The number of methoxy groups -OCH3 is 1. The van der Waals surface area contributed by atoms with Gasteiger partial charge in [0.25, 0.3) is 5.91 Å². The summed E-state index contributed by atoms with van der Waals surface area (Å²) < 4.78 is 15.4. The summed E-state index contributed by atoms with van der Waals surface area (Å²) in [5, 5.41) is 2.66.